The van der Waals surface area contributed by atoms with Gasteiger partial charge >= 0.3 is 0 Å². The van der Waals surface area contributed by atoms with Crippen molar-refractivity contribution in [2.24, 2.45) is 0 Å². The van der Waals surface area contributed by atoms with E-state index in [1.807, 2.05) is 37.3 Å². The third-order valence-corrected chi connectivity index (χ3v) is 3.79. The fraction of sp³-hybridized carbons (Fsp3) is 0.158. The van der Waals surface area contributed by atoms with E-state index in [1.54, 1.807) is 20.3 Å². The molecule has 2 aromatic carbocycles. The number of benzene rings is 2. The van der Waals surface area contributed by atoms with Crippen molar-refractivity contribution < 1.29 is 13.9 Å². The molecule has 0 N–H and O–H groups in total. The van der Waals surface area contributed by atoms with Crippen LogP contribution in [0.3, 0.4) is 0 Å². The molecule has 1 aliphatic rings. The summed E-state index contributed by atoms with van der Waals surface area (Å²) in [7, 11) is 3.26. The highest BCUT2D eigenvalue weighted by Gasteiger charge is 2.16. The highest BCUT2D eigenvalue weighted by Crippen LogP contribution is 2.37. The summed E-state index contributed by atoms with van der Waals surface area (Å²) in [5.41, 5.74) is 5.14. The first kappa shape index (κ1) is 14.4. The van der Waals surface area contributed by atoms with Gasteiger partial charge in [0.2, 0.25) is 0 Å². The summed E-state index contributed by atoms with van der Waals surface area (Å²) in [4.78, 5) is 0. The summed E-state index contributed by atoms with van der Waals surface area (Å²) in [6.07, 6.45) is 4.07. The first-order chi connectivity index (χ1) is 10.6. The summed E-state index contributed by atoms with van der Waals surface area (Å²) < 4.78 is 24.0. The van der Waals surface area contributed by atoms with Crippen LogP contribution >= 0.6 is 0 Å². The molecule has 0 fully saturated rings. The van der Waals surface area contributed by atoms with Gasteiger partial charge in [0, 0.05) is 6.07 Å². The van der Waals surface area contributed by atoms with Gasteiger partial charge in [-0.25, -0.2) is 4.39 Å². The number of halogens is 1. The maximum atomic E-state index is 13.4. The minimum atomic E-state index is -0.216. The van der Waals surface area contributed by atoms with Gasteiger partial charge in [0.25, 0.3) is 0 Å². The molecule has 3 heteroatoms. The Kier molecular flexibility index (Phi) is 3.72. The number of methoxy groups -OCH3 is 2. The summed E-state index contributed by atoms with van der Waals surface area (Å²) in [5, 5.41) is 0. The Hall–Kier alpha value is -2.55. The third kappa shape index (κ3) is 2.62. The number of hydrogen-bond donors (Lipinski definition) is 0. The van der Waals surface area contributed by atoms with Crippen molar-refractivity contribution in [2.75, 3.05) is 14.2 Å². The summed E-state index contributed by atoms with van der Waals surface area (Å²) in [6, 6.07) is 10.6. The Balaban J connectivity index is 2.09. The van der Waals surface area contributed by atoms with Gasteiger partial charge in [-0.15, -0.1) is 0 Å². The van der Waals surface area contributed by atoms with Crippen molar-refractivity contribution in [1.82, 2.24) is 0 Å². The number of allylic oxidation sites excluding steroid dienone is 2. The Labute approximate surface area is 129 Å². The molecule has 0 spiro atoms. The molecule has 22 heavy (non-hydrogen) atoms. The molecule has 0 atom stereocenters. The van der Waals surface area contributed by atoms with E-state index in [9.17, 15) is 4.39 Å². The summed E-state index contributed by atoms with van der Waals surface area (Å²) in [5.74, 6) is 1.27. The molecular formula is C19H17FO2. The van der Waals surface area contributed by atoms with Crippen molar-refractivity contribution in [3.05, 3.63) is 64.5 Å². The minimum Gasteiger partial charge on any atom is -0.497 e. The van der Waals surface area contributed by atoms with Gasteiger partial charge in [-0.05, 0) is 65.1 Å². The van der Waals surface area contributed by atoms with Crippen LogP contribution in [0.2, 0.25) is 0 Å². The predicted octanol–water partition coefficient (Wildman–Crippen LogP) is 4.80. The smallest absolute Gasteiger partial charge is 0.123 e. The van der Waals surface area contributed by atoms with Gasteiger partial charge in [0.1, 0.15) is 17.3 Å². The van der Waals surface area contributed by atoms with E-state index >= 15 is 0 Å². The number of fused-ring (bicyclic) bond motifs is 1. The van der Waals surface area contributed by atoms with Crippen LogP contribution in [0, 0.1) is 5.82 Å². The molecule has 0 aliphatic heterocycles. The second-order valence-electron chi connectivity index (χ2n) is 5.26. The van der Waals surface area contributed by atoms with Crippen LogP contribution in [0.1, 0.15) is 23.6 Å². The standard InChI is InChI=1S/C19H17FO2/c1-12-6-14-10-15(20)4-5-18(14)19(12)9-13-7-16(21-2)11-17(8-13)22-3/h4-11H,1-3H3. The quantitative estimate of drug-likeness (QED) is 0.810. The largest absolute Gasteiger partial charge is 0.497 e. The van der Waals surface area contributed by atoms with Crippen LogP contribution < -0.4 is 9.47 Å². The molecule has 0 aromatic heterocycles. The van der Waals surface area contributed by atoms with E-state index < -0.39 is 0 Å². The van der Waals surface area contributed by atoms with Crippen LogP contribution in [0.4, 0.5) is 4.39 Å². The van der Waals surface area contributed by atoms with Crippen LogP contribution in [-0.2, 0) is 0 Å². The second-order valence-corrected chi connectivity index (χ2v) is 5.26. The molecule has 0 saturated carbocycles. The Morgan fingerprint density at radius 1 is 0.955 bits per heavy atom. The lowest BCUT2D eigenvalue weighted by molar-refractivity contribution is 0.394. The van der Waals surface area contributed by atoms with Crippen LogP contribution in [0.5, 0.6) is 11.5 Å². The van der Waals surface area contributed by atoms with Crippen LogP contribution in [-0.4, -0.2) is 14.2 Å². The first-order valence-corrected chi connectivity index (χ1v) is 7.04. The Morgan fingerprint density at radius 3 is 2.27 bits per heavy atom. The first-order valence-electron chi connectivity index (χ1n) is 7.04. The van der Waals surface area contributed by atoms with Crippen molar-refractivity contribution in [3.63, 3.8) is 0 Å². The Bertz CT molecular complexity index is 766. The summed E-state index contributed by atoms with van der Waals surface area (Å²) in [6.45, 7) is 2.03. The zero-order chi connectivity index (χ0) is 15.7. The van der Waals surface area contributed by atoms with E-state index in [0.29, 0.717) is 0 Å². The maximum Gasteiger partial charge on any atom is 0.123 e. The topological polar surface area (TPSA) is 18.5 Å². The highest BCUT2D eigenvalue weighted by molar-refractivity contribution is 6.01. The fourth-order valence-electron chi connectivity index (χ4n) is 2.69. The normalized spacial score (nSPS) is 14.7. The predicted molar refractivity (Wildman–Crippen MR) is 87.5 cm³/mol. The lowest BCUT2D eigenvalue weighted by Gasteiger charge is -2.08. The zero-order valence-electron chi connectivity index (χ0n) is 12.8. The third-order valence-electron chi connectivity index (χ3n) is 3.79. The molecule has 1 aliphatic carbocycles. The van der Waals surface area contributed by atoms with E-state index in [4.69, 9.17) is 9.47 Å². The minimum absolute atomic E-state index is 0.216. The number of rotatable bonds is 3. The monoisotopic (exact) mass is 296 g/mol. The van der Waals surface area contributed by atoms with Crippen molar-refractivity contribution >= 4 is 17.7 Å². The molecular weight excluding hydrogens is 279 g/mol. The van der Waals surface area contributed by atoms with E-state index in [2.05, 4.69) is 6.08 Å². The second kappa shape index (κ2) is 5.68. The van der Waals surface area contributed by atoms with Gasteiger partial charge in [-0.2, -0.15) is 0 Å². The van der Waals surface area contributed by atoms with E-state index in [1.165, 1.54) is 6.07 Å². The van der Waals surface area contributed by atoms with Gasteiger partial charge in [-0.1, -0.05) is 12.1 Å². The van der Waals surface area contributed by atoms with Gasteiger partial charge in [0.15, 0.2) is 0 Å². The van der Waals surface area contributed by atoms with Gasteiger partial charge in [0.05, 0.1) is 14.2 Å². The van der Waals surface area contributed by atoms with Crippen LogP contribution in [0.25, 0.3) is 17.7 Å². The van der Waals surface area contributed by atoms with Crippen molar-refractivity contribution in [1.29, 1.82) is 0 Å². The molecule has 0 unspecified atom stereocenters. The van der Waals surface area contributed by atoms with Crippen LogP contribution in [0.15, 0.2) is 42.0 Å². The van der Waals surface area contributed by atoms with Crippen molar-refractivity contribution in [3.8, 4) is 11.5 Å². The molecule has 0 radical (unpaired) electrons. The van der Waals surface area contributed by atoms with Gasteiger partial charge in [-0.3, -0.25) is 0 Å². The SMILES string of the molecule is COc1cc(C=C2C(C)=Cc3cc(F)ccc32)cc(OC)c1. The molecule has 0 amide bonds. The average molecular weight is 296 g/mol. The van der Waals surface area contributed by atoms with Gasteiger partial charge < -0.3 is 9.47 Å². The van der Waals surface area contributed by atoms with Crippen molar-refractivity contribution in [2.45, 2.75) is 6.92 Å². The molecule has 0 heterocycles. The highest BCUT2D eigenvalue weighted by atomic mass is 19.1. The number of hydrogen-bond acceptors (Lipinski definition) is 2. The maximum absolute atomic E-state index is 13.4. The van der Waals surface area contributed by atoms with E-state index in [0.717, 1.165) is 39.3 Å². The molecule has 2 aromatic rings. The average Bonchev–Trinajstić information content (AvgIpc) is 2.81. The number of ether oxygens (including phenoxy) is 2. The fourth-order valence-corrected chi connectivity index (χ4v) is 2.69. The molecule has 3 rings (SSSR count). The zero-order valence-corrected chi connectivity index (χ0v) is 12.8. The molecule has 112 valence electrons. The van der Waals surface area contributed by atoms with E-state index in [-0.39, 0.29) is 5.82 Å². The molecule has 2 nitrogen and oxygen atoms in total. The molecule has 0 saturated heterocycles. The Morgan fingerprint density at radius 2 is 1.64 bits per heavy atom. The summed E-state index contributed by atoms with van der Waals surface area (Å²) >= 11 is 0. The molecule has 0 bridgehead atoms. The lowest BCUT2D eigenvalue weighted by atomic mass is 10.0. The lowest BCUT2D eigenvalue weighted by Crippen LogP contribution is -1.89.